The third-order valence-corrected chi connectivity index (χ3v) is 6.84. The van der Waals surface area contributed by atoms with Crippen molar-refractivity contribution in [1.82, 2.24) is 15.2 Å². The molecule has 0 aliphatic carbocycles. The number of ether oxygens (including phenoxy) is 2. The topological polar surface area (TPSA) is 63.7 Å². The maximum Gasteiger partial charge on any atom is 0.270 e. The molecule has 8 heteroatoms. The van der Waals surface area contributed by atoms with Crippen LogP contribution in [0.25, 0.3) is 0 Å². The molecule has 2 aliphatic rings. The van der Waals surface area contributed by atoms with Gasteiger partial charge in [0.25, 0.3) is 5.91 Å². The Balaban J connectivity index is 1.24. The van der Waals surface area contributed by atoms with Gasteiger partial charge in [0.05, 0.1) is 23.8 Å². The number of hydrogen-bond donors (Lipinski definition) is 1. The van der Waals surface area contributed by atoms with Crippen LogP contribution in [0.2, 0.25) is 0 Å². The Bertz CT molecular complexity index is 896. The van der Waals surface area contributed by atoms with E-state index in [1.807, 2.05) is 13.0 Å². The molecule has 2 aromatic rings. The largest absolute Gasteiger partial charge is 0.494 e. The highest BCUT2D eigenvalue weighted by atomic mass is 32.1. The number of piperidine rings is 1. The highest BCUT2D eigenvalue weighted by Crippen LogP contribution is 2.39. The molecule has 2 saturated heterocycles. The highest BCUT2D eigenvalue weighted by molar-refractivity contribution is 7.09. The lowest BCUT2D eigenvalue weighted by Crippen LogP contribution is -2.44. The number of rotatable bonds is 6. The van der Waals surface area contributed by atoms with Crippen LogP contribution >= 0.6 is 11.3 Å². The van der Waals surface area contributed by atoms with E-state index in [1.165, 1.54) is 24.5 Å². The average Bonchev–Trinajstić information content (AvgIpc) is 3.36. The third kappa shape index (κ3) is 4.82. The van der Waals surface area contributed by atoms with Crippen molar-refractivity contribution < 1.29 is 18.7 Å². The van der Waals surface area contributed by atoms with E-state index in [0.29, 0.717) is 12.2 Å². The lowest BCUT2D eigenvalue weighted by atomic mass is 9.88. The Hall–Kier alpha value is -2.03. The summed E-state index contributed by atoms with van der Waals surface area (Å²) in [5.74, 6) is -0.174. The van der Waals surface area contributed by atoms with Gasteiger partial charge in [-0.25, -0.2) is 9.37 Å². The number of methoxy groups -OCH3 is 1. The summed E-state index contributed by atoms with van der Waals surface area (Å²) in [5, 5.41) is 5.64. The predicted octanol–water partition coefficient (Wildman–Crippen LogP) is 3.54. The average molecular weight is 434 g/mol. The van der Waals surface area contributed by atoms with Gasteiger partial charge in [0.15, 0.2) is 11.6 Å². The number of thiazole rings is 1. The van der Waals surface area contributed by atoms with Crippen molar-refractivity contribution in [2.24, 2.45) is 0 Å². The second-order valence-corrected chi connectivity index (χ2v) is 9.23. The number of benzene rings is 1. The summed E-state index contributed by atoms with van der Waals surface area (Å²) in [6.07, 6.45) is 4.00. The Kier molecular flexibility index (Phi) is 6.36. The Morgan fingerprint density at radius 1 is 1.40 bits per heavy atom. The van der Waals surface area contributed by atoms with Crippen LogP contribution in [0.4, 0.5) is 4.39 Å². The Morgan fingerprint density at radius 2 is 2.20 bits per heavy atom. The number of amides is 1. The van der Waals surface area contributed by atoms with Crippen molar-refractivity contribution in [3.05, 3.63) is 45.7 Å². The molecule has 1 aromatic heterocycles. The fourth-order valence-electron chi connectivity index (χ4n) is 4.35. The van der Waals surface area contributed by atoms with Gasteiger partial charge < -0.3 is 14.8 Å². The zero-order valence-electron chi connectivity index (χ0n) is 17.4. The number of carbonyl (C=O) groups excluding carboxylic acids is 1. The monoisotopic (exact) mass is 433 g/mol. The summed E-state index contributed by atoms with van der Waals surface area (Å²) in [6, 6.07) is 5.05. The van der Waals surface area contributed by atoms with E-state index in [4.69, 9.17) is 9.47 Å². The minimum Gasteiger partial charge on any atom is -0.494 e. The molecule has 0 bridgehead atoms. The Morgan fingerprint density at radius 3 is 2.90 bits per heavy atom. The van der Waals surface area contributed by atoms with Gasteiger partial charge in [-0.3, -0.25) is 9.69 Å². The standard InChI is InChI=1S/C22H28FN3O3S/c1-15-25-19(14-30-15)21(27)24-12-17-5-6-22(29-17)7-9-26(10-8-22)13-16-3-4-18(23)20(11-16)28-2/h3-4,11,14,17H,5-10,12-13H2,1-2H3,(H,24,27)/t17-/m1/s1. The van der Waals surface area contributed by atoms with E-state index in [2.05, 4.69) is 15.2 Å². The molecule has 0 saturated carbocycles. The zero-order valence-corrected chi connectivity index (χ0v) is 18.3. The number of likely N-dealkylation sites (tertiary alicyclic amines) is 1. The fraction of sp³-hybridized carbons (Fsp3) is 0.545. The number of hydrogen-bond acceptors (Lipinski definition) is 6. The van der Waals surface area contributed by atoms with Crippen LogP contribution in [0.15, 0.2) is 23.6 Å². The first-order valence-electron chi connectivity index (χ1n) is 10.4. The van der Waals surface area contributed by atoms with Crippen molar-refractivity contribution >= 4 is 17.2 Å². The number of carbonyl (C=O) groups is 1. The molecule has 1 amide bonds. The minimum atomic E-state index is -0.332. The lowest BCUT2D eigenvalue weighted by Gasteiger charge is -2.39. The van der Waals surface area contributed by atoms with Crippen LogP contribution in [0, 0.1) is 12.7 Å². The van der Waals surface area contributed by atoms with Gasteiger partial charge in [0.2, 0.25) is 0 Å². The van der Waals surface area contributed by atoms with Crippen LogP contribution in [-0.2, 0) is 11.3 Å². The van der Waals surface area contributed by atoms with Crippen molar-refractivity contribution in [3.8, 4) is 5.75 Å². The predicted molar refractivity (Wildman–Crippen MR) is 113 cm³/mol. The summed E-state index contributed by atoms with van der Waals surface area (Å²) >= 11 is 1.48. The molecule has 0 unspecified atom stereocenters. The first-order chi connectivity index (χ1) is 14.5. The zero-order chi connectivity index (χ0) is 21.1. The normalized spacial score (nSPS) is 21.1. The van der Waals surface area contributed by atoms with Gasteiger partial charge in [0, 0.05) is 31.6 Å². The summed E-state index contributed by atoms with van der Waals surface area (Å²) in [6.45, 7) is 5.08. The summed E-state index contributed by atoms with van der Waals surface area (Å²) < 4.78 is 25.1. The number of halogens is 1. The van der Waals surface area contributed by atoms with E-state index < -0.39 is 0 Å². The van der Waals surface area contributed by atoms with Gasteiger partial charge in [-0.1, -0.05) is 6.07 Å². The van der Waals surface area contributed by atoms with Crippen LogP contribution in [0.3, 0.4) is 0 Å². The van der Waals surface area contributed by atoms with Gasteiger partial charge in [-0.05, 0) is 50.3 Å². The molecule has 1 aromatic carbocycles. The van der Waals surface area contributed by atoms with E-state index in [1.54, 1.807) is 11.4 Å². The maximum atomic E-state index is 13.6. The van der Waals surface area contributed by atoms with Gasteiger partial charge >= 0.3 is 0 Å². The molecule has 6 nitrogen and oxygen atoms in total. The molecule has 1 spiro atoms. The van der Waals surface area contributed by atoms with Crippen LogP contribution in [-0.4, -0.2) is 54.2 Å². The second-order valence-electron chi connectivity index (χ2n) is 8.17. The summed E-state index contributed by atoms with van der Waals surface area (Å²) in [4.78, 5) is 18.8. The molecule has 2 aliphatic heterocycles. The number of nitrogens with zero attached hydrogens (tertiary/aromatic N) is 2. The molecular weight excluding hydrogens is 405 g/mol. The smallest absolute Gasteiger partial charge is 0.270 e. The fourth-order valence-corrected chi connectivity index (χ4v) is 4.94. The Labute approximate surface area is 180 Å². The van der Waals surface area contributed by atoms with Crippen molar-refractivity contribution in [3.63, 3.8) is 0 Å². The van der Waals surface area contributed by atoms with E-state index >= 15 is 0 Å². The number of aromatic nitrogens is 1. The van der Waals surface area contributed by atoms with Crippen LogP contribution in [0.5, 0.6) is 5.75 Å². The molecule has 30 heavy (non-hydrogen) atoms. The molecule has 162 valence electrons. The first-order valence-corrected chi connectivity index (χ1v) is 11.3. The number of nitrogens with one attached hydrogen (secondary N) is 1. The van der Waals surface area contributed by atoms with Gasteiger partial charge in [-0.2, -0.15) is 0 Å². The van der Waals surface area contributed by atoms with E-state index in [9.17, 15) is 9.18 Å². The van der Waals surface area contributed by atoms with Crippen molar-refractivity contribution in [2.75, 3.05) is 26.7 Å². The quantitative estimate of drug-likeness (QED) is 0.755. The van der Waals surface area contributed by atoms with Crippen LogP contribution < -0.4 is 10.1 Å². The highest BCUT2D eigenvalue weighted by Gasteiger charge is 2.42. The lowest BCUT2D eigenvalue weighted by molar-refractivity contribution is -0.0764. The second kappa shape index (κ2) is 8.99. The minimum absolute atomic E-state index is 0.0570. The maximum absolute atomic E-state index is 13.6. The SMILES string of the molecule is COc1cc(CN2CCC3(CC[C@H](CNC(=O)c4csc(C)n4)O3)CC2)ccc1F. The van der Waals surface area contributed by atoms with Crippen molar-refractivity contribution in [1.29, 1.82) is 0 Å². The molecular formula is C22H28FN3O3S. The first kappa shape index (κ1) is 21.2. The molecule has 1 atom stereocenters. The molecule has 3 heterocycles. The van der Waals surface area contributed by atoms with Crippen LogP contribution in [0.1, 0.15) is 46.7 Å². The van der Waals surface area contributed by atoms with Gasteiger partial charge in [-0.15, -0.1) is 11.3 Å². The molecule has 1 N–H and O–H groups in total. The summed E-state index contributed by atoms with van der Waals surface area (Å²) in [5.41, 5.74) is 1.45. The van der Waals surface area contributed by atoms with E-state index in [-0.39, 0.29) is 29.2 Å². The van der Waals surface area contributed by atoms with Crippen molar-refractivity contribution in [2.45, 2.75) is 50.9 Å². The van der Waals surface area contributed by atoms with Gasteiger partial charge in [0.1, 0.15) is 5.69 Å². The number of aryl methyl sites for hydroxylation is 1. The third-order valence-electron chi connectivity index (χ3n) is 6.07. The summed E-state index contributed by atoms with van der Waals surface area (Å²) in [7, 11) is 1.49. The van der Waals surface area contributed by atoms with E-state index in [0.717, 1.165) is 55.9 Å². The molecule has 0 radical (unpaired) electrons. The molecule has 4 rings (SSSR count). The molecule has 2 fully saturated rings.